The van der Waals surface area contributed by atoms with Crippen molar-refractivity contribution in [2.24, 2.45) is 11.4 Å². The largest absolute Gasteiger partial charge is 0.319 e. The van der Waals surface area contributed by atoms with Gasteiger partial charge in [-0.25, -0.2) is 0 Å². The van der Waals surface area contributed by atoms with Crippen molar-refractivity contribution < 1.29 is 8.42 Å². The van der Waals surface area contributed by atoms with Crippen molar-refractivity contribution in [1.29, 1.82) is 0 Å². The fraction of sp³-hybridized carbons (Fsp3) is 0.133. The third-order valence-corrected chi connectivity index (χ3v) is 6.47. The number of nitrogens with zero attached hydrogens (tertiary/aromatic N) is 2. The third-order valence-electron chi connectivity index (χ3n) is 3.26. The van der Waals surface area contributed by atoms with Crippen LogP contribution < -0.4 is 4.80 Å². The van der Waals surface area contributed by atoms with Crippen LogP contribution in [0.4, 0.5) is 0 Å². The molecule has 0 aliphatic rings. The molecule has 1 heterocycles. The highest BCUT2D eigenvalue weighted by Gasteiger charge is 2.13. The molecule has 0 fully saturated rings. The van der Waals surface area contributed by atoms with E-state index in [1.54, 1.807) is 42.1 Å². The predicted molar refractivity (Wildman–Crippen MR) is 91.8 cm³/mol. The molecule has 0 spiro atoms. The smallest absolute Gasteiger partial charge is 0.285 e. The SMILES string of the molecule is CSc1ccc2c(c1)s/c(=N\S(=O)(=O)c1ccccc1)n2C. The van der Waals surface area contributed by atoms with Crippen molar-refractivity contribution in [3.05, 3.63) is 53.3 Å². The molecule has 7 heteroatoms. The summed E-state index contributed by atoms with van der Waals surface area (Å²) in [7, 11) is -1.86. The number of benzene rings is 2. The summed E-state index contributed by atoms with van der Waals surface area (Å²) in [5.41, 5.74) is 0.977. The predicted octanol–water partition coefficient (Wildman–Crippen LogP) is 3.25. The first kappa shape index (κ1) is 15.3. The molecule has 0 saturated heterocycles. The quantitative estimate of drug-likeness (QED) is 0.681. The van der Waals surface area contributed by atoms with Gasteiger partial charge in [-0.1, -0.05) is 29.5 Å². The van der Waals surface area contributed by atoms with Gasteiger partial charge in [0.2, 0.25) is 4.80 Å². The van der Waals surface area contributed by atoms with E-state index in [2.05, 4.69) is 10.5 Å². The van der Waals surface area contributed by atoms with Gasteiger partial charge in [0.25, 0.3) is 10.0 Å². The van der Waals surface area contributed by atoms with Gasteiger partial charge in [0.15, 0.2) is 0 Å². The Morgan fingerprint density at radius 2 is 1.86 bits per heavy atom. The fourth-order valence-electron chi connectivity index (χ4n) is 2.08. The van der Waals surface area contributed by atoms with Crippen molar-refractivity contribution in [3.8, 4) is 0 Å². The van der Waals surface area contributed by atoms with Crippen molar-refractivity contribution >= 4 is 43.3 Å². The lowest BCUT2D eigenvalue weighted by atomic mass is 10.3. The van der Waals surface area contributed by atoms with E-state index < -0.39 is 10.0 Å². The van der Waals surface area contributed by atoms with Gasteiger partial charge in [-0.05, 0) is 36.6 Å². The van der Waals surface area contributed by atoms with Crippen molar-refractivity contribution in [2.45, 2.75) is 9.79 Å². The summed E-state index contributed by atoms with van der Waals surface area (Å²) < 4.78 is 31.6. The second-order valence-corrected chi connectivity index (χ2v) is 8.15. The molecule has 3 rings (SSSR count). The van der Waals surface area contributed by atoms with Gasteiger partial charge in [-0.3, -0.25) is 0 Å². The Bertz CT molecular complexity index is 987. The first-order chi connectivity index (χ1) is 10.5. The van der Waals surface area contributed by atoms with Gasteiger partial charge in [0.05, 0.1) is 15.1 Å². The topological polar surface area (TPSA) is 51.4 Å². The highest BCUT2D eigenvalue weighted by atomic mass is 32.2. The summed E-state index contributed by atoms with van der Waals surface area (Å²) in [5, 5.41) is 0. The molecular weight excluding hydrogens is 336 g/mol. The fourth-order valence-corrected chi connectivity index (χ4v) is 4.90. The van der Waals surface area contributed by atoms with Crippen LogP contribution in [0.5, 0.6) is 0 Å². The number of aryl methyl sites for hydroxylation is 1. The molecule has 0 saturated carbocycles. The molecule has 0 unspecified atom stereocenters. The Hall–Kier alpha value is -1.57. The minimum absolute atomic E-state index is 0.206. The Morgan fingerprint density at radius 1 is 1.14 bits per heavy atom. The molecule has 0 aliphatic carbocycles. The van der Waals surface area contributed by atoms with Gasteiger partial charge in [0, 0.05) is 11.9 Å². The molecular formula is C15H14N2O2S3. The normalized spacial score (nSPS) is 12.9. The van der Waals surface area contributed by atoms with E-state index in [0.717, 1.165) is 15.1 Å². The molecule has 0 radical (unpaired) electrons. The van der Waals surface area contributed by atoms with Gasteiger partial charge in [0.1, 0.15) is 0 Å². The Labute approximate surface area is 137 Å². The lowest BCUT2D eigenvalue weighted by Gasteiger charge is -1.98. The average Bonchev–Trinajstić information content (AvgIpc) is 2.83. The Balaban J connectivity index is 2.20. The zero-order valence-electron chi connectivity index (χ0n) is 12.1. The van der Waals surface area contributed by atoms with Gasteiger partial charge < -0.3 is 4.57 Å². The molecule has 0 N–H and O–H groups in total. The number of thioether (sulfide) groups is 1. The number of thiazole rings is 1. The number of fused-ring (bicyclic) bond motifs is 1. The lowest BCUT2D eigenvalue weighted by molar-refractivity contribution is 0.596. The van der Waals surface area contributed by atoms with Gasteiger partial charge >= 0.3 is 0 Å². The minimum atomic E-state index is -3.69. The van der Waals surface area contributed by atoms with Crippen molar-refractivity contribution in [2.75, 3.05) is 6.26 Å². The summed E-state index contributed by atoms with van der Waals surface area (Å²) in [4.78, 5) is 1.82. The molecule has 2 aromatic carbocycles. The molecule has 1 aromatic heterocycles. The number of hydrogen-bond donors (Lipinski definition) is 0. The Kier molecular flexibility index (Phi) is 4.12. The summed E-state index contributed by atoms with van der Waals surface area (Å²) in [5.74, 6) is 0. The molecule has 4 nitrogen and oxygen atoms in total. The maximum absolute atomic E-state index is 12.4. The maximum Gasteiger partial charge on any atom is 0.285 e. The number of aromatic nitrogens is 1. The molecule has 0 amide bonds. The second kappa shape index (κ2) is 5.91. The minimum Gasteiger partial charge on any atom is -0.319 e. The molecule has 22 heavy (non-hydrogen) atoms. The van der Waals surface area contributed by atoms with Crippen LogP contribution in [-0.2, 0) is 17.1 Å². The van der Waals surface area contributed by atoms with Crippen LogP contribution in [0, 0.1) is 0 Å². The number of hydrogen-bond acceptors (Lipinski definition) is 4. The zero-order chi connectivity index (χ0) is 15.7. The summed E-state index contributed by atoms with van der Waals surface area (Å²) in [6, 6.07) is 14.3. The summed E-state index contributed by atoms with van der Waals surface area (Å²) in [6.07, 6.45) is 2.01. The van der Waals surface area contributed by atoms with Crippen LogP contribution in [0.2, 0.25) is 0 Å². The van der Waals surface area contributed by atoms with Crippen LogP contribution in [-0.4, -0.2) is 19.2 Å². The molecule has 0 atom stereocenters. The van der Waals surface area contributed by atoms with E-state index in [1.165, 1.54) is 11.3 Å². The van der Waals surface area contributed by atoms with Crippen molar-refractivity contribution in [1.82, 2.24) is 4.57 Å². The first-order valence-corrected chi connectivity index (χ1v) is 9.99. The van der Waals surface area contributed by atoms with E-state index in [0.29, 0.717) is 4.80 Å². The number of rotatable bonds is 3. The van der Waals surface area contributed by atoms with Crippen LogP contribution in [0.15, 0.2) is 62.7 Å². The van der Waals surface area contributed by atoms with Crippen LogP contribution in [0.3, 0.4) is 0 Å². The van der Waals surface area contributed by atoms with E-state index in [9.17, 15) is 8.42 Å². The van der Waals surface area contributed by atoms with Crippen LogP contribution >= 0.6 is 23.1 Å². The van der Waals surface area contributed by atoms with E-state index in [4.69, 9.17) is 0 Å². The monoisotopic (exact) mass is 350 g/mol. The highest BCUT2D eigenvalue weighted by molar-refractivity contribution is 7.98. The average molecular weight is 350 g/mol. The van der Waals surface area contributed by atoms with Crippen LogP contribution in [0.25, 0.3) is 10.2 Å². The van der Waals surface area contributed by atoms with E-state index in [-0.39, 0.29) is 4.90 Å². The number of sulfonamides is 1. The van der Waals surface area contributed by atoms with Gasteiger partial charge in [-0.15, -0.1) is 16.2 Å². The maximum atomic E-state index is 12.4. The van der Waals surface area contributed by atoms with Crippen molar-refractivity contribution in [3.63, 3.8) is 0 Å². The highest BCUT2D eigenvalue weighted by Crippen LogP contribution is 2.23. The Morgan fingerprint density at radius 3 is 2.55 bits per heavy atom. The molecule has 0 bridgehead atoms. The second-order valence-electron chi connectivity index (χ2n) is 4.66. The van der Waals surface area contributed by atoms with E-state index >= 15 is 0 Å². The summed E-state index contributed by atoms with van der Waals surface area (Å²) >= 11 is 3.04. The standard InChI is InChI=1S/C15H14N2O2S3/c1-17-13-9-8-11(20-2)10-14(13)21-15(17)16-22(18,19)12-6-4-3-5-7-12/h3-10H,1-2H3/b16-15-. The molecule has 3 aromatic rings. The lowest BCUT2D eigenvalue weighted by Crippen LogP contribution is -2.13. The summed E-state index contributed by atoms with van der Waals surface area (Å²) in [6.45, 7) is 0. The molecule has 114 valence electrons. The zero-order valence-corrected chi connectivity index (χ0v) is 14.5. The first-order valence-electron chi connectivity index (χ1n) is 6.51. The van der Waals surface area contributed by atoms with Crippen LogP contribution in [0.1, 0.15) is 0 Å². The van der Waals surface area contributed by atoms with E-state index in [1.807, 2.05) is 30.0 Å². The third kappa shape index (κ3) is 2.84. The van der Waals surface area contributed by atoms with Gasteiger partial charge in [-0.2, -0.15) is 8.42 Å². The molecule has 0 aliphatic heterocycles.